The molecule has 0 saturated carbocycles. The average Bonchev–Trinajstić information content (AvgIpc) is 2.66. The fourth-order valence-electron chi connectivity index (χ4n) is 1.07. The second-order valence-electron chi connectivity index (χ2n) is 2.94. The lowest BCUT2D eigenvalue weighted by Gasteiger charge is -2.05. The maximum Gasteiger partial charge on any atom is 0.183 e. The quantitative estimate of drug-likeness (QED) is 0.820. The Balaban J connectivity index is 2.02. The van der Waals surface area contributed by atoms with Crippen molar-refractivity contribution in [2.45, 2.75) is 6.61 Å². The molecule has 2 aromatic rings. The molecule has 0 saturated heterocycles. The standard InChI is InChI=1S/C10H6Cl3NOS/c11-8-2-1-6(3-9(8)12)15-5-7-4-14-10(13)16-7/h1-4H,5H2. The van der Waals surface area contributed by atoms with Crippen LogP contribution >= 0.6 is 46.1 Å². The van der Waals surface area contributed by atoms with Gasteiger partial charge in [0.05, 0.1) is 14.9 Å². The summed E-state index contributed by atoms with van der Waals surface area (Å²) in [6.07, 6.45) is 1.69. The average molecular weight is 295 g/mol. The van der Waals surface area contributed by atoms with Gasteiger partial charge in [-0.3, -0.25) is 0 Å². The Labute approximate surface area is 112 Å². The van der Waals surface area contributed by atoms with Gasteiger partial charge in [-0.1, -0.05) is 34.8 Å². The molecule has 16 heavy (non-hydrogen) atoms. The number of benzene rings is 1. The summed E-state index contributed by atoms with van der Waals surface area (Å²) in [4.78, 5) is 4.87. The van der Waals surface area contributed by atoms with E-state index in [0.717, 1.165) is 4.88 Å². The minimum absolute atomic E-state index is 0.419. The monoisotopic (exact) mass is 293 g/mol. The van der Waals surface area contributed by atoms with Crippen LogP contribution in [0.5, 0.6) is 5.75 Å². The predicted octanol–water partition coefficient (Wildman–Crippen LogP) is 4.68. The van der Waals surface area contributed by atoms with E-state index in [2.05, 4.69) is 4.98 Å². The molecule has 1 aromatic heterocycles. The van der Waals surface area contributed by atoms with Crippen molar-refractivity contribution in [3.8, 4) is 5.75 Å². The molecule has 1 heterocycles. The van der Waals surface area contributed by atoms with Crippen molar-refractivity contribution in [3.05, 3.63) is 43.8 Å². The van der Waals surface area contributed by atoms with E-state index in [9.17, 15) is 0 Å². The summed E-state index contributed by atoms with van der Waals surface area (Å²) < 4.78 is 6.02. The third-order valence-electron chi connectivity index (χ3n) is 1.80. The molecule has 1 aromatic carbocycles. The van der Waals surface area contributed by atoms with Gasteiger partial charge in [0.1, 0.15) is 12.4 Å². The number of nitrogens with zero attached hydrogens (tertiary/aromatic N) is 1. The van der Waals surface area contributed by atoms with Gasteiger partial charge in [-0.05, 0) is 12.1 Å². The van der Waals surface area contributed by atoms with Crippen LogP contribution in [0.15, 0.2) is 24.4 Å². The van der Waals surface area contributed by atoms with Crippen LogP contribution in [0, 0.1) is 0 Å². The SMILES string of the molecule is Clc1ncc(COc2ccc(Cl)c(Cl)c2)s1. The van der Waals surface area contributed by atoms with Crippen LogP contribution in [-0.4, -0.2) is 4.98 Å². The Kier molecular flexibility index (Phi) is 3.92. The van der Waals surface area contributed by atoms with Crippen LogP contribution < -0.4 is 4.74 Å². The van der Waals surface area contributed by atoms with Crippen molar-refractivity contribution in [1.29, 1.82) is 0 Å². The summed E-state index contributed by atoms with van der Waals surface area (Å²) in [6.45, 7) is 0.419. The van der Waals surface area contributed by atoms with Crippen LogP contribution in [0.2, 0.25) is 14.5 Å². The number of thiazole rings is 1. The van der Waals surface area contributed by atoms with Gasteiger partial charge < -0.3 is 4.74 Å². The first-order valence-corrected chi connectivity index (χ1v) is 6.28. The second-order valence-corrected chi connectivity index (χ2v) is 5.46. The van der Waals surface area contributed by atoms with Crippen molar-refractivity contribution in [2.24, 2.45) is 0 Å². The smallest absolute Gasteiger partial charge is 0.183 e. The number of aromatic nitrogens is 1. The van der Waals surface area contributed by atoms with Gasteiger partial charge in [-0.15, -0.1) is 11.3 Å². The molecule has 0 bridgehead atoms. The second kappa shape index (κ2) is 5.23. The molecule has 0 unspecified atom stereocenters. The van der Waals surface area contributed by atoms with E-state index in [4.69, 9.17) is 39.5 Å². The molecule has 2 nitrogen and oxygen atoms in total. The summed E-state index contributed by atoms with van der Waals surface area (Å²) in [5.74, 6) is 0.666. The number of halogens is 3. The van der Waals surface area contributed by atoms with Gasteiger partial charge in [0, 0.05) is 12.3 Å². The van der Waals surface area contributed by atoms with Crippen molar-refractivity contribution < 1.29 is 4.74 Å². The first-order valence-electron chi connectivity index (χ1n) is 4.33. The Bertz CT molecular complexity index is 501. The van der Waals surface area contributed by atoms with Gasteiger partial charge >= 0.3 is 0 Å². The minimum atomic E-state index is 0.419. The van der Waals surface area contributed by atoms with Gasteiger partial charge in [-0.25, -0.2) is 4.98 Å². The van der Waals surface area contributed by atoms with Crippen LogP contribution in [0.4, 0.5) is 0 Å². The molecule has 2 rings (SSSR count). The largest absolute Gasteiger partial charge is 0.488 e. The molecule has 0 aliphatic carbocycles. The van der Waals surface area contributed by atoms with E-state index in [1.807, 2.05) is 0 Å². The topological polar surface area (TPSA) is 22.1 Å². The summed E-state index contributed by atoms with van der Waals surface area (Å²) in [5, 5.41) is 0.983. The highest BCUT2D eigenvalue weighted by Gasteiger charge is 2.03. The molecule has 0 N–H and O–H groups in total. The lowest BCUT2D eigenvalue weighted by Crippen LogP contribution is -1.92. The number of rotatable bonds is 3. The number of hydrogen-bond acceptors (Lipinski definition) is 3. The highest BCUT2D eigenvalue weighted by molar-refractivity contribution is 7.15. The Hall–Kier alpha value is -0.480. The van der Waals surface area contributed by atoms with Crippen LogP contribution in [-0.2, 0) is 6.61 Å². The zero-order valence-electron chi connectivity index (χ0n) is 7.91. The first kappa shape index (κ1) is 12.0. The van der Waals surface area contributed by atoms with Crippen molar-refractivity contribution in [1.82, 2.24) is 4.98 Å². The molecule has 0 radical (unpaired) electrons. The third kappa shape index (κ3) is 3.01. The highest BCUT2D eigenvalue weighted by Crippen LogP contribution is 2.27. The molecule has 84 valence electrons. The van der Waals surface area contributed by atoms with Crippen LogP contribution in [0.3, 0.4) is 0 Å². The first-order chi connectivity index (χ1) is 7.65. The van der Waals surface area contributed by atoms with Crippen LogP contribution in [0.1, 0.15) is 4.88 Å². The summed E-state index contributed by atoms with van der Waals surface area (Å²) >= 11 is 18.7. The Morgan fingerprint density at radius 2 is 2.00 bits per heavy atom. The molecule has 0 fully saturated rings. The van der Waals surface area contributed by atoms with Gasteiger partial charge in [0.15, 0.2) is 4.47 Å². The van der Waals surface area contributed by atoms with Crippen molar-refractivity contribution >= 4 is 46.1 Å². The molecule has 0 aliphatic rings. The van der Waals surface area contributed by atoms with Gasteiger partial charge in [-0.2, -0.15) is 0 Å². The maximum atomic E-state index is 5.86. The molecular weight excluding hydrogens is 289 g/mol. The van der Waals surface area contributed by atoms with E-state index in [-0.39, 0.29) is 0 Å². The van der Waals surface area contributed by atoms with Gasteiger partial charge in [0.2, 0.25) is 0 Å². The lowest BCUT2D eigenvalue weighted by molar-refractivity contribution is 0.309. The zero-order chi connectivity index (χ0) is 11.5. The molecule has 0 amide bonds. The zero-order valence-corrected chi connectivity index (χ0v) is 11.0. The summed E-state index contributed by atoms with van der Waals surface area (Å²) in [6, 6.07) is 5.13. The summed E-state index contributed by atoms with van der Waals surface area (Å²) in [5.41, 5.74) is 0. The molecule has 0 spiro atoms. The van der Waals surface area contributed by atoms with E-state index in [1.54, 1.807) is 24.4 Å². The van der Waals surface area contributed by atoms with E-state index in [1.165, 1.54) is 11.3 Å². The summed E-state index contributed by atoms with van der Waals surface area (Å²) in [7, 11) is 0. The molecular formula is C10H6Cl3NOS. The van der Waals surface area contributed by atoms with E-state index in [0.29, 0.717) is 26.9 Å². The maximum absolute atomic E-state index is 5.86. The van der Waals surface area contributed by atoms with Crippen molar-refractivity contribution in [3.63, 3.8) is 0 Å². The molecule has 0 aliphatic heterocycles. The Morgan fingerprint density at radius 3 is 2.62 bits per heavy atom. The van der Waals surface area contributed by atoms with E-state index >= 15 is 0 Å². The highest BCUT2D eigenvalue weighted by atomic mass is 35.5. The predicted molar refractivity (Wildman–Crippen MR) is 67.9 cm³/mol. The van der Waals surface area contributed by atoms with Crippen molar-refractivity contribution in [2.75, 3.05) is 0 Å². The third-order valence-corrected chi connectivity index (χ3v) is 3.62. The van der Waals surface area contributed by atoms with Gasteiger partial charge in [0.25, 0.3) is 0 Å². The lowest BCUT2D eigenvalue weighted by atomic mass is 10.3. The van der Waals surface area contributed by atoms with Crippen LogP contribution in [0.25, 0.3) is 0 Å². The minimum Gasteiger partial charge on any atom is -0.488 e. The fraction of sp³-hybridized carbons (Fsp3) is 0.100. The normalized spacial score (nSPS) is 10.4. The number of ether oxygens (including phenoxy) is 1. The number of hydrogen-bond donors (Lipinski definition) is 0. The Morgan fingerprint density at radius 1 is 1.19 bits per heavy atom. The molecule has 6 heteroatoms. The molecule has 0 atom stereocenters. The van der Waals surface area contributed by atoms with E-state index < -0.39 is 0 Å². The fourth-order valence-corrected chi connectivity index (χ4v) is 2.25.